The zero-order chi connectivity index (χ0) is 13.9. The number of rotatable bonds is 11. The van der Waals surface area contributed by atoms with Gasteiger partial charge in [0.15, 0.2) is 0 Å². The van der Waals surface area contributed by atoms with Crippen LogP contribution in [0.4, 0.5) is 0 Å². The van der Waals surface area contributed by atoms with Gasteiger partial charge in [0.1, 0.15) is 5.76 Å². The van der Waals surface area contributed by atoms with E-state index in [1.54, 1.807) is 6.26 Å². The second-order valence-electron chi connectivity index (χ2n) is 5.83. The number of unbranched alkanes of at least 4 members (excludes halogenated alkanes) is 3. The van der Waals surface area contributed by atoms with Crippen molar-refractivity contribution in [1.82, 2.24) is 10.2 Å². The van der Waals surface area contributed by atoms with E-state index in [1.165, 1.54) is 32.2 Å². The van der Waals surface area contributed by atoms with Crippen molar-refractivity contribution in [2.75, 3.05) is 26.7 Å². The Morgan fingerprint density at radius 3 is 2.68 bits per heavy atom. The van der Waals surface area contributed by atoms with Crippen molar-refractivity contribution < 1.29 is 4.42 Å². The van der Waals surface area contributed by atoms with Gasteiger partial charge < -0.3 is 9.73 Å². The standard InChI is InChI=1S/C16H30N2O/c1-15(2)13-17-10-6-4-5-7-11-18(3)14-16-9-8-12-19-16/h8-9,12,15,17H,4-7,10-11,13-14H2,1-3H3. The minimum atomic E-state index is 0.759. The van der Waals surface area contributed by atoms with Gasteiger partial charge in [0.25, 0.3) is 0 Å². The molecule has 3 nitrogen and oxygen atoms in total. The van der Waals surface area contributed by atoms with Crippen LogP contribution in [0.1, 0.15) is 45.3 Å². The summed E-state index contributed by atoms with van der Waals surface area (Å²) >= 11 is 0. The van der Waals surface area contributed by atoms with Crippen LogP contribution in [0.2, 0.25) is 0 Å². The molecule has 0 amide bonds. The quantitative estimate of drug-likeness (QED) is 0.621. The van der Waals surface area contributed by atoms with Crippen molar-refractivity contribution in [1.29, 1.82) is 0 Å². The van der Waals surface area contributed by atoms with Crippen molar-refractivity contribution in [2.45, 2.75) is 46.1 Å². The molecular formula is C16H30N2O. The van der Waals surface area contributed by atoms with Gasteiger partial charge in [-0.2, -0.15) is 0 Å². The Morgan fingerprint density at radius 1 is 1.21 bits per heavy atom. The molecule has 0 spiro atoms. The normalized spacial score (nSPS) is 11.6. The largest absolute Gasteiger partial charge is 0.468 e. The fourth-order valence-electron chi connectivity index (χ4n) is 2.12. The van der Waals surface area contributed by atoms with Gasteiger partial charge >= 0.3 is 0 Å². The summed E-state index contributed by atoms with van der Waals surface area (Å²) in [5.74, 6) is 1.82. The maximum atomic E-state index is 5.35. The van der Waals surface area contributed by atoms with Gasteiger partial charge in [0.05, 0.1) is 12.8 Å². The molecule has 0 saturated carbocycles. The molecule has 0 aliphatic carbocycles. The monoisotopic (exact) mass is 266 g/mol. The first-order valence-corrected chi connectivity index (χ1v) is 7.60. The third-order valence-electron chi connectivity index (χ3n) is 3.20. The summed E-state index contributed by atoms with van der Waals surface area (Å²) in [6.07, 6.45) is 6.98. The molecule has 110 valence electrons. The molecule has 3 heteroatoms. The molecule has 0 atom stereocenters. The number of nitrogens with zero attached hydrogens (tertiary/aromatic N) is 1. The lowest BCUT2D eigenvalue weighted by atomic mass is 10.1. The third kappa shape index (κ3) is 8.84. The van der Waals surface area contributed by atoms with Gasteiger partial charge in [-0.25, -0.2) is 0 Å². The van der Waals surface area contributed by atoms with Crippen LogP contribution in [-0.4, -0.2) is 31.6 Å². The molecule has 1 heterocycles. The maximum Gasteiger partial charge on any atom is 0.117 e. The Kier molecular flexibility index (Phi) is 8.59. The summed E-state index contributed by atoms with van der Waals surface area (Å²) in [5, 5.41) is 3.49. The van der Waals surface area contributed by atoms with Crippen LogP contribution in [0.25, 0.3) is 0 Å². The number of hydrogen-bond donors (Lipinski definition) is 1. The van der Waals surface area contributed by atoms with Crippen LogP contribution >= 0.6 is 0 Å². The first kappa shape index (κ1) is 16.3. The molecule has 19 heavy (non-hydrogen) atoms. The molecular weight excluding hydrogens is 236 g/mol. The lowest BCUT2D eigenvalue weighted by Gasteiger charge is -2.14. The van der Waals surface area contributed by atoms with Gasteiger partial charge in [-0.15, -0.1) is 0 Å². The lowest BCUT2D eigenvalue weighted by Crippen LogP contribution is -2.21. The Bertz CT molecular complexity index is 296. The molecule has 1 aromatic heterocycles. The lowest BCUT2D eigenvalue weighted by molar-refractivity contribution is 0.288. The van der Waals surface area contributed by atoms with E-state index >= 15 is 0 Å². The smallest absolute Gasteiger partial charge is 0.117 e. The van der Waals surface area contributed by atoms with Crippen LogP contribution < -0.4 is 5.32 Å². The molecule has 0 aromatic carbocycles. The van der Waals surface area contributed by atoms with E-state index in [0.717, 1.165) is 31.3 Å². The fraction of sp³-hybridized carbons (Fsp3) is 0.750. The Balaban J connectivity index is 1.87. The summed E-state index contributed by atoms with van der Waals surface area (Å²) in [4.78, 5) is 2.33. The second kappa shape index (κ2) is 10.0. The molecule has 0 fully saturated rings. The zero-order valence-corrected chi connectivity index (χ0v) is 12.8. The van der Waals surface area contributed by atoms with Crippen molar-refractivity contribution in [3.8, 4) is 0 Å². The SMILES string of the molecule is CC(C)CNCCCCCCN(C)Cc1ccco1. The molecule has 0 aliphatic rings. The zero-order valence-electron chi connectivity index (χ0n) is 12.8. The van der Waals surface area contributed by atoms with E-state index in [0.29, 0.717) is 0 Å². The van der Waals surface area contributed by atoms with Gasteiger partial charge in [-0.1, -0.05) is 26.7 Å². The van der Waals surface area contributed by atoms with E-state index in [9.17, 15) is 0 Å². The van der Waals surface area contributed by atoms with Crippen molar-refractivity contribution >= 4 is 0 Å². The summed E-state index contributed by atoms with van der Waals surface area (Å²) in [6.45, 7) is 8.89. The van der Waals surface area contributed by atoms with E-state index in [4.69, 9.17) is 4.42 Å². The third-order valence-corrected chi connectivity index (χ3v) is 3.20. The molecule has 0 bridgehead atoms. The summed E-state index contributed by atoms with van der Waals surface area (Å²) < 4.78 is 5.35. The average Bonchev–Trinajstić information content (AvgIpc) is 2.85. The molecule has 0 unspecified atom stereocenters. The molecule has 0 aliphatic heterocycles. The molecule has 1 rings (SSSR count). The highest BCUT2D eigenvalue weighted by molar-refractivity contribution is 4.97. The minimum Gasteiger partial charge on any atom is -0.468 e. The predicted molar refractivity (Wildman–Crippen MR) is 81.2 cm³/mol. The van der Waals surface area contributed by atoms with Gasteiger partial charge in [0.2, 0.25) is 0 Å². The predicted octanol–water partition coefficient (Wildman–Crippen LogP) is 3.52. The van der Waals surface area contributed by atoms with Crippen LogP contribution in [0, 0.1) is 5.92 Å². The highest BCUT2D eigenvalue weighted by Gasteiger charge is 2.01. The summed E-state index contributed by atoms with van der Waals surface area (Å²) in [7, 11) is 2.16. The summed E-state index contributed by atoms with van der Waals surface area (Å²) in [6, 6.07) is 3.99. The molecule has 1 N–H and O–H groups in total. The summed E-state index contributed by atoms with van der Waals surface area (Å²) in [5.41, 5.74) is 0. The Hall–Kier alpha value is -0.800. The first-order valence-electron chi connectivity index (χ1n) is 7.60. The van der Waals surface area contributed by atoms with Crippen LogP contribution in [0.3, 0.4) is 0 Å². The fourth-order valence-corrected chi connectivity index (χ4v) is 2.12. The molecule has 0 radical (unpaired) electrons. The van der Waals surface area contributed by atoms with Crippen molar-refractivity contribution in [3.63, 3.8) is 0 Å². The van der Waals surface area contributed by atoms with Crippen LogP contribution in [0.5, 0.6) is 0 Å². The molecule has 0 saturated heterocycles. The highest BCUT2D eigenvalue weighted by atomic mass is 16.3. The van der Waals surface area contributed by atoms with E-state index in [2.05, 4.69) is 31.1 Å². The topological polar surface area (TPSA) is 28.4 Å². The van der Waals surface area contributed by atoms with E-state index < -0.39 is 0 Å². The number of nitrogens with one attached hydrogen (secondary N) is 1. The first-order chi connectivity index (χ1) is 9.18. The Morgan fingerprint density at radius 2 is 2.00 bits per heavy atom. The minimum absolute atomic E-state index is 0.759. The van der Waals surface area contributed by atoms with Gasteiger partial charge in [-0.05, 0) is 57.6 Å². The Labute approximate surface area is 118 Å². The van der Waals surface area contributed by atoms with Crippen LogP contribution in [0.15, 0.2) is 22.8 Å². The van der Waals surface area contributed by atoms with Crippen LogP contribution in [-0.2, 0) is 6.54 Å². The number of furan rings is 1. The average molecular weight is 266 g/mol. The van der Waals surface area contributed by atoms with E-state index in [-0.39, 0.29) is 0 Å². The highest BCUT2D eigenvalue weighted by Crippen LogP contribution is 2.06. The van der Waals surface area contributed by atoms with Gasteiger partial charge in [-0.3, -0.25) is 4.90 Å². The number of hydrogen-bond acceptors (Lipinski definition) is 3. The maximum absolute atomic E-state index is 5.35. The van der Waals surface area contributed by atoms with Gasteiger partial charge in [0, 0.05) is 0 Å². The van der Waals surface area contributed by atoms with E-state index in [1.807, 2.05) is 12.1 Å². The second-order valence-corrected chi connectivity index (χ2v) is 5.83. The van der Waals surface area contributed by atoms with Crippen molar-refractivity contribution in [2.24, 2.45) is 5.92 Å². The van der Waals surface area contributed by atoms with Crippen molar-refractivity contribution in [3.05, 3.63) is 24.2 Å². The molecule has 1 aromatic rings.